The van der Waals surface area contributed by atoms with Gasteiger partial charge in [-0.3, -0.25) is 4.79 Å². The molecule has 0 saturated carbocycles. The highest BCUT2D eigenvalue weighted by Crippen LogP contribution is 2.25. The Kier molecular flexibility index (Phi) is 9.00. The minimum Gasteiger partial charge on any atom is -0.353 e. The molecular weight excluding hydrogens is 532 g/mol. The Labute approximate surface area is 244 Å². The molecule has 0 bridgehead atoms. The maximum absolute atomic E-state index is 12.7. The van der Waals surface area contributed by atoms with Crippen LogP contribution in [0.25, 0.3) is 10.2 Å². The summed E-state index contributed by atoms with van der Waals surface area (Å²) in [4.78, 5) is 34.9. The number of nitrogens with one attached hydrogen (secondary N) is 2. The van der Waals surface area contributed by atoms with Gasteiger partial charge in [-0.2, -0.15) is 15.0 Å². The van der Waals surface area contributed by atoms with Gasteiger partial charge in [-0.25, -0.2) is 4.98 Å². The lowest BCUT2D eigenvalue weighted by molar-refractivity contribution is 0.0794. The first-order valence-corrected chi connectivity index (χ1v) is 14.5. The van der Waals surface area contributed by atoms with Crippen molar-refractivity contribution < 1.29 is 4.79 Å². The van der Waals surface area contributed by atoms with E-state index in [2.05, 4.69) is 51.8 Å². The average molecular weight is 567 g/mol. The van der Waals surface area contributed by atoms with Crippen LogP contribution >= 0.6 is 11.3 Å². The Balaban J connectivity index is 1.28. The number of fused-ring (bicyclic) bond motifs is 1. The number of carbonyl (C=O) groups is 1. The summed E-state index contributed by atoms with van der Waals surface area (Å²) < 4.78 is 1.09. The summed E-state index contributed by atoms with van der Waals surface area (Å²) in [5.74, 6) is 1.79. The number of hydrogen-bond acceptors (Lipinski definition) is 9. The van der Waals surface area contributed by atoms with Crippen LogP contribution in [-0.4, -0.2) is 64.5 Å². The molecule has 9 nitrogen and oxygen atoms in total. The summed E-state index contributed by atoms with van der Waals surface area (Å²) in [6.07, 6.45) is 0.760. The molecule has 0 aliphatic carbocycles. The highest BCUT2D eigenvalue weighted by atomic mass is 32.1. The van der Waals surface area contributed by atoms with Crippen molar-refractivity contribution in [3.05, 3.63) is 95.5 Å². The van der Waals surface area contributed by atoms with Gasteiger partial charge >= 0.3 is 0 Å². The number of amides is 1. The lowest BCUT2D eigenvalue weighted by Gasteiger charge is -2.22. The van der Waals surface area contributed by atoms with Crippen LogP contribution in [0.4, 0.5) is 23.5 Å². The van der Waals surface area contributed by atoms with Gasteiger partial charge in [0.25, 0.3) is 5.91 Å². The van der Waals surface area contributed by atoms with Crippen molar-refractivity contribution in [1.29, 1.82) is 0 Å². The molecule has 5 rings (SSSR count). The quantitative estimate of drug-likeness (QED) is 0.189. The largest absolute Gasteiger partial charge is 0.353 e. The Morgan fingerprint density at radius 2 is 1.63 bits per heavy atom. The van der Waals surface area contributed by atoms with Gasteiger partial charge in [-0.05, 0) is 48.2 Å². The van der Waals surface area contributed by atoms with Crippen LogP contribution in [0.2, 0.25) is 0 Å². The van der Waals surface area contributed by atoms with Crippen molar-refractivity contribution in [2.24, 2.45) is 0 Å². The zero-order chi connectivity index (χ0) is 28.6. The van der Waals surface area contributed by atoms with Crippen LogP contribution in [0.3, 0.4) is 0 Å². The lowest BCUT2D eigenvalue weighted by atomic mass is 10.0. The molecule has 2 heterocycles. The van der Waals surface area contributed by atoms with Crippen LogP contribution < -0.4 is 15.5 Å². The molecule has 10 heteroatoms. The average Bonchev–Trinajstić information content (AvgIpc) is 3.48. The van der Waals surface area contributed by atoms with E-state index in [1.165, 1.54) is 5.56 Å². The third-order valence-corrected chi connectivity index (χ3v) is 7.63. The predicted molar refractivity (Wildman–Crippen MR) is 167 cm³/mol. The predicted octanol–water partition coefficient (Wildman–Crippen LogP) is 6.04. The Morgan fingerprint density at radius 1 is 0.902 bits per heavy atom. The number of carbonyl (C=O) groups excluding carboxylic acids is 1. The smallest absolute Gasteiger partial charge is 0.253 e. The zero-order valence-electron chi connectivity index (χ0n) is 23.5. The standard InChI is InChI=1S/C31H34N8OS/c1-22(23-11-6-4-7-12-23)20-32-29-35-30(34-25-15-16-26-27(19-25)41-21-33-26)37-31(36-29)39(3)18-10-17-38(2)28(40)24-13-8-5-9-14-24/h4-9,11-16,19,21-22H,10,17-18,20H2,1-3H3,(H2,32,34,35,36,37). The third-order valence-electron chi connectivity index (χ3n) is 6.84. The minimum atomic E-state index is 0.0110. The molecule has 2 N–H and O–H groups in total. The van der Waals surface area contributed by atoms with E-state index in [1.807, 2.05) is 79.1 Å². The van der Waals surface area contributed by atoms with E-state index in [4.69, 9.17) is 9.97 Å². The maximum atomic E-state index is 12.7. The summed E-state index contributed by atoms with van der Waals surface area (Å²) in [6.45, 7) is 4.13. The molecule has 1 unspecified atom stereocenters. The number of hydrogen-bond donors (Lipinski definition) is 2. The summed E-state index contributed by atoms with van der Waals surface area (Å²) >= 11 is 1.59. The van der Waals surface area contributed by atoms with Gasteiger partial charge in [0.05, 0.1) is 15.7 Å². The fraction of sp³-hybridized carbons (Fsp3) is 0.258. The zero-order valence-corrected chi connectivity index (χ0v) is 24.3. The van der Waals surface area contributed by atoms with Crippen molar-refractivity contribution in [3.63, 3.8) is 0 Å². The molecule has 0 fully saturated rings. The van der Waals surface area contributed by atoms with Crippen molar-refractivity contribution in [1.82, 2.24) is 24.8 Å². The van der Waals surface area contributed by atoms with Crippen LogP contribution in [0, 0.1) is 0 Å². The highest BCUT2D eigenvalue weighted by molar-refractivity contribution is 7.16. The summed E-state index contributed by atoms with van der Waals surface area (Å²) in [7, 11) is 3.79. The van der Waals surface area contributed by atoms with Crippen LogP contribution in [0.1, 0.15) is 35.2 Å². The first-order valence-electron chi connectivity index (χ1n) is 13.6. The molecular formula is C31H34N8OS. The van der Waals surface area contributed by atoms with Gasteiger partial charge in [-0.15, -0.1) is 11.3 Å². The molecule has 0 radical (unpaired) electrons. The molecule has 1 amide bonds. The molecule has 210 valence electrons. The summed E-state index contributed by atoms with van der Waals surface area (Å²) in [6, 6.07) is 25.7. The SMILES string of the molecule is CC(CNc1nc(Nc2ccc3ncsc3c2)nc(N(C)CCCN(C)C(=O)c2ccccc2)n1)c1ccccc1. The first-order chi connectivity index (χ1) is 20.0. The normalized spacial score (nSPS) is 11.7. The van der Waals surface area contributed by atoms with Gasteiger partial charge in [0.2, 0.25) is 17.8 Å². The molecule has 0 spiro atoms. The number of benzene rings is 3. The molecule has 3 aromatic carbocycles. The van der Waals surface area contributed by atoms with E-state index in [0.717, 1.165) is 22.3 Å². The van der Waals surface area contributed by atoms with Crippen molar-refractivity contribution in [2.45, 2.75) is 19.3 Å². The Hall–Kier alpha value is -4.57. The molecule has 5 aromatic rings. The van der Waals surface area contributed by atoms with Crippen molar-refractivity contribution in [2.75, 3.05) is 49.3 Å². The van der Waals surface area contributed by atoms with Gasteiger partial charge in [0.1, 0.15) is 0 Å². The van der Waals surface area contributed by atoms with Crippen LogP contribution in [-0.2, 0) is 0 Å². The Bertz CT molecular complexity index is 1580. The lowest BCUT2D eigenvalue weighted by Crippen LogP contribution is -2.31. The Morgan fingerprint density at radius 3 is 2.41 bits per heavy atom. The third kappa shape index (κ3) is 7.34. The second kappa shape index (κ2) is 13.2. The molecule has 0 saturated heterocycles. The van der Waals surface area contributed by atoms with Gasteiger partial charge in [-0.1, -0.05) is 55.5 Å². The summed E-state index contributed by atoms with van der Waals surface area (Å²) in [5, 5.41) is 6.75. The van der Waals surface area contributed by atoms with Crippen LogP contribution in [0.15, 0.2) is 84.4 Å². The van der Waals surface area contributed by atoms with E-state index in [0.29, 0.717) is 43.0 Å². The molecule has 0 aliphatic heterocycles. The van der Waals surface area contributed by atoms with Crippen molar-refractivity contribution in [3.8, 4) is 0 Å². The number of rotatable bonds is 12. The number of anilines is 4. The van der Waals surface area contributed by atoms with Gasteiger partial charge in [0.15, 0.2) is 0 Å². The number of aromatic nitrogens is 4. The first kappa shape index (κ1) is 28.0. The van der Waals surface area contributed by atoms with E-state index in [9.17, 15) is 4.79 Å². The van der Waals surface area contributed by atoms with E-state index >= 15 is 0 Å². The van der Waals surface area contributed by atoms with E-state index < -0.39 is 0 Å². The van der Waals surface area contributed by atoms with E-state index in [1.54, 1.807) is 16.2 Å². The highest BCUT2D eigenvalue weighted by Gasteiger charge is 2.15. The second-order valence-corrected chi connectivity index (χ2v) is 10.9. The minimum absolute atomic E-state index is 0.0110. The fourth-order valence-corrected chi connectivity index (χ4v) is 5.14. The van der Waals surface area contributed by atoms with Crippen molar-refractivity contribution >= 4 is 51.0 Å². The monoisotopic (exact) mass is 566 g/mol. The number of thiazole rings is 1. The van der Waals surface area contributed by atoms with Gasteiger partial charge in [0, 0.05) is 45.0 Å². The molecule has 1 atom stereocenters. The molecule has 2 aromatic heterocycles. The summed E-state index contributed by atoms with van der Waals surface area (Å²) in [5.41, 5.74) is 5.62. The maximum Gasteiger partial charge on any atom is 0.253 e. The topological polar surface area (TPSA) is 99.2 Å². The van der Waals surface area contributed by atoms with Gasteiger partial charge < -0.3 is 20.4 Å². The fourth-order valence-electron chi connectivity index (χ4n) is 4.42. The van der Waals surface area contributed by atoms with E-state index in [-0.39, 0.29) is 11.8 Å². The molecule has 41 heavy (non-hydrogen) atoms. The second-order valence-electron chi connectivity index (χ2n) is 10.0. The number of nitrogens with zero attached hydrogens (tertiary/aromatic N) is 6. The van der Waals surface area contributed by atoms with Crippen LogP contribution in [0.5, 0.6) is 0 Å². The molecule has 0 aliphatic rings.